The molecule has 1 aromatic heterocycles. The lowest BCUT2D eigenvalue weighted by Gasteiger charge is -2.14. The second-order valence-electron chi connectivity index (χ2n) is 6.48. The maximum Gasteiger partial charge on any atom is 0.211 e. The lowest BCUT2D eigenvalue weighted by Crippen LogP contribution is -2.22. The third-order valence-electron chi connectivity index (χ3n) is 3.98. The Bertz CT molecular complexity index is 865. The zero-order valence-electron chi connectivity index (χ0n) is 16.1. The molecule has 1 heterocycles. The van der Waals surface area contributed by atoms with Gasteiger partial charge in [-0.05, 0) is 43.5 Å². The molecule has 8 nitrogen and oxygen atoms in total. The van der Waals surface area contributed by atoms with E-state index in [1.165, 1.54) is 23.5 Å². The molecule has 0 saturated carbocycles. The number of thioether (sulfide) groups is 1. The number of hydrogen-bond acceptors (Lipinski definition) is 7. The molecule has 0 bridgehead atoms. The third-order valence-corrected chi connectivity index (χ3v) is 6.46. The highest BCUT2D eigenvalue weighted by Gasteiger charge is 2.14. The molecule has 0 aliphatic rings. The van der Waals surface area contributed by atoms with E-state index in [-0.39, 0.29) is 12.4 Å². The van der Waals surface area contributed by atoms with E-state index in [1.807, 2.05) is 13.0 Å². The van der Waals surface area contributed by atoms with Crippen LogP contribution < -0.4 is 15.3 Å². The van der Waals surface area contributed by atoms with Crippen LogP contribution in [0.15, 0.2) is 23.4 Å². The lowest BCUT2D eigenvalue weighted by molar-refractivity contribution is 0.287. The summed E-state index contributed by atoms with van der Waals surface area (Å²) >= 11 is 1.37. The van der Waals surface area contributed by atoms with Crippen molar-refractivity contribution >= 4 is 21.8 Å². The Morgan fingerprint density at radius 3 is 2.74 bits per heavy atom. The Balaban J connectivity index is 1.95. The van der Waals surface area contributed by atoms with Crippen LogP contribution in [-0.2, 0) is 16.6 Å². The highest BCUT2D eigenvalue weighted by Crippen LogP contribution is 2.28. The minimum Gasteiger partial charge on any atom is -0.485 e. The maximum absolute atomic E-state index is 11.4. The number of hydrogen-bond donors (Lipinski definition) is 2. The number of nitrogens with zero attached hydrogens (tertiary/aromatic N) is 3. The summed E-state index contributed by atoms with van der Waals surface area (Å²) in [5.41, 5.74) is 2.25. The molecule has 0 spiro atoms. The van der Waals surface area contributed by atoms with Gasteiger partial charge in [-0.3, -0.25) is 0 Å². The molecule has 0 atom stereocenters. The summed E-state index contributed by atoms with van der Waals surface area (Å²) < 4.78 is 32.4. The van der Waals surface area contributed by atoms with Crippen LogP contribution in [0.5, 0.6) is 5.75 Å². The summed E-state index contributed by atoms with van der Waals surface area (Å²) in [4.78, 5) is 0. The highest BCUT2D eigenvalue weighted by molar-refractivity contribution is 7.99. The Labute approximate surface area is 164 Å². The summed E-state index contributed by atoms with van der Waals surface area (Å²) in [6.07, 6.45) is 0.494. The minimum absolute atomic E-state index is 0.0660. The number of aryl methyl sites for hydroxylation is 1. The number of rotatable bonds is 10. The van der Waals surface area contributed by atoms with Gasteiger partial charge in [0.2, 0.25) is 15.2 Å². The highest BCUT2D eigenvalue weighted by atomic mass is 32.2. The van der Waals surface area contributed by atoms with Crippen molar-refractivity contribution in [3.8, 4) is 5.75 Å². The van der Waals surface area contributed by atoms with E-state index in [0.717, 1.165) is 16.9 Å². The monoisotopic (exact) mass is 413 g/mol. The largest absolute Gasteiger partial charge is 0.485 e. The van der Waals surface area contributed by atoms with Crippen LogP contribution in [-0.4, -0.2) is 41.8 Å². The van der Waals surface area contributed by atoms with Gasteiger partial charge in [-0.1, -0.05) is 37.7 Å². The Morgan fingerprint density at radius 2 is 2.07 bits per heavy atom. The van der Waals surface area contributed by atoms with Crippen LogP contribution in [0.25, 0.3) is 0 Å². The van der Waals surface area contributed by atoms with E-state index in [9.17, 15) is 8.42 Å². The SMILES string of the molecule is CNS(=O)(=O)CCCSc1nnc(COc2cc(C)ccc2C(C)C)n1N. The molecule has 2 rings (SSSR count). The van der Waals surface area contributed by atoms with Gasteiger partial charge in [0.15, 0.2) is 5.82 Å². The van der Waals surface area contributed by atoms with Crippen LogP contribution in [0.2, 0.25) is 0 Å². The summed E-state index contributed by atoms with van der Waals surface area (Å²) in [5, 5.41) is 8.68. The van der Waals surface area contributed by atoms with Gasteiger partial charge in [-0.2, -0.15) is 0 Å². The van der Waals surface area contributed by atoms with Crippen LogP contribution in [0, 0.1) is 6.92 Å². The fourth-order valence-electron chi connectivity index (χ4n) is 2.40. The average Bonchev–Trinajstić information content (AvgIpc) is 2.96. The third kappa shape index (κ3) is 6.12. The van der Waals surface area contributed by atoms with Gasteiger partial charge in [0.1, 0.15) is 12.4 Å². The van der Waals surface area contributed by atoms with Crippen LogP contribution in [0.4, 0.5) is 0 Å². The normalized spacial score (nSPS) is 11.9. The first kappa shape index (κ1) is 21.5. The summed E-state index contributed by atoms with van der Waals surface area (Å²) in [7, 11) is -1.78. The smallest absolute Gasteiger partial charge is 0.211 e. The summed E-state index contributed by atoms with van der Waals surface area (Å²) in [6, 6.07) is 6.14. The topological polar surface area (TPSA) is 112 Å². The molecule has 0 aliphatic carbocycles. The van der Waals surface area contributed by atoms with Gasteiger partial charge < -0.3 is 10.6 Å². The number of nitrogen functional groups attached to an aromatic ring is 1. The second kappa shape index (κ2) is 9.43. The molecule has 10 heteroatoms. The average molecular weight is 414 g/mol. The van der Waals surface area contributed by atoms with E-state index in [4.69, 9.17) is 10.6 Å². The van der Waals surface area contributed by atoms with E-state index in [0.29, 0.717) is 29.1 Å². The first-order valence-corrected chi connectivity index (χ1v) is 11.3. The van der Waals surface area contributed by atoms with E-state index in [2.05, 4.69) is 40.9 Å². The van der Waals surface area contributed by atoms with Crippen LogP contribution in [0.3, 0.4) is 0 Å². The molecular weight excluding hydrogens is 386 g/mol. The number of aromatic nitrogens is 3. The second-order valence-corrected chi connectivity index (χ2v) is 9.59. The molecule has 0 saturated heterocycles. The molecule has 0 unspecified atom stereocenters. The van der Waals surface area contributed by atoms with Gasteiger partial charge in [0.25, 0.3) is 0 Å². The minimum atomic E-state index is -3.19. The summed E-state index contributed by atoms with van der Waals surface area (Å²) in [5.74, 6) is 8.37. The van der Waals surface area contributed by atoms with E-state index >= 15 is 0 Å². The Hall–Kier alpha value is -1.78. The van der Waals surface area contributed by atoms with Crippen LogP contribution in [0.1, 0.15) is 43.1 Å². The van der Waals surface area contributed by atoms with Crippen molar-refractivity contribution in [2.24, 2.45) is 0 Å². The molecule has 3 N–H and O–H groups in total. The van der Waals surface area contributed by atoms with Crippen molar-refractivity contribution < 1.29 is 13.2 Å². The molecule has 0 fully saturated rings. The zero-order valence-corrected chi connectivity index (χ0v) is 17.7. The molecule has 0 amide bonds. The number of nitrogens with one attached hydrogen (secondary N) is 1. The van der Waals surface area contributed by atoms with E-state index < -0.39 is 10.0 Å². The van der Waals surface area contributed by atoms with Gasteiger partial charge in [0, 0.05) is 5.75 Å². The fraction of sp³-hybridized carbons (Fsp3) is 0.529. The number of benzene rings is 1. The van der Waals surface area contributed by atoms with Gasteiger partial charge >= 0.3 is 0 Å². The van der Waals surface area contributed by atoms with Gasteiger partial charge in [-0.15, -0.1) is 10.2 Å². The van der Waals surface area contributed by atoms with E-state index in [1.54, 1.807) is 0 Å². The Kier molecular flexibility index (Phi) is 7.51. The first-order valence-electron chi connectivity index (χ1n) is 8.70. The molecule has 1 aromatic carbocycles. The molecule has 2 aromatic rings. The number of ether oxygens (including phenoxy) is 1. The number of nitrogens with two attached hydrogens (primary N) is 1. The standard InChI is InChI=1S/C17H27N5O3S2/c1-12(2)14-7-6-13(3)10-15(14)25-11-16-20-21-17(22(16)18)26-8-5-9-27(23,24)19-4/h6-7,10,12,19H,5,8-9,11,18H2,1-4H3. The van der Waals surface area contributed by atoms with Crippen molar-refractivity contribution in [3.63, 3.8) is 0 Å². The van der Waals surface area contributed by atoms with Crippen LogP contribution >= 0.6 is 11.8 Å². The molecular formula is C17H27N5O3S2. The molecule has 150 valence electrons. The predicted molar refractivity (Wildman–Crippen MR) is 108 cm³/mol. The molecule has 0 radical (unpaired) electrons. The lowest BCUT2D eigenvalue weighted by atomic mass is 10.0. The fourth-order valence-corrected chi connectivity index (χ4v) is 4.13. The molecule has 0 aliphatic heterocycles. The maximum atomic E-state index is 11.4. The van der Waals surface area contributed by atoms with Crippen molar-refractivity contribution in [2.45, 2.75) is 44.9 Å². The van der Waals surface area contributed by atoms with Crippen molar-refractivity contribution in [3.05, 3.63) is 35.2 Å². The van der Waals surface area contributed by atoms with Crippen molar-refractivity contribution in [1.29, 1.82) is 0 Å². The van der Waals surface area contributed by atoms with Crippen molar-refractivity contribution in [2.75, 3.05) is 24.4 Å². The zero-order chi connectivity index (χ0) is 20.0. The van der Waals surface area contributed by atoms with Gasteiger partial charge in [0.05, 0.1) is 5.75 Å². The van der Waals surface area contributed by atoms with Gasteiger partial charge in [-0.25, -0.2) is 17.8 Å². The summed E-state index contributed by atoms with van der Waals surface area (Å²) in [6.45, 7) is 6.46. The Morgan fingerprint density at radius 1 is 1.33 bits per heavy atom. The van der Waals surface area contributed by atoms with Crippen molar-refractivity contribution in [1.82, 2.24) is 19.6 Å². The number of sulfonamides is 1. The first-order chi connectivity index (χ1) is 12.7. The molecule has 27 heavy (non-hydrogen) atoms. The predicted octanol–water partition coefficient (Wildman–Crippen LogP) is 2.03. The quantitative estimate of drug-likeness (QED) is 0.348.